The zero-order chi connectivity index (χ0) is 11.7. The van der Waals surface area contributed by atoms with Gasteiger partial charge in [0.15, 0.2) is 0 Å². The van der Waals surface area contributed by atoms with Gasteiger partial charge in [0, 0.05) is 4.47 Å². The zero-order valence-electron chi connectivity index (χ0n) is 8.22. The van der Waals surface area contributed by atoms with E-state index in [2.05, 4.69) is 15.9 Å². The maximum Gasteiger partial charge on any atom is 0.311 e. The molecule has 1 fully saturated rings. The van der Waals surface area contributed by atoms with Crippen molar-refractivity contribution >= 4 is 27.9 Å². The van der Waals surface area contributed by atoms with Gasteiger partial charge in [0.1, 0.15) is 12.0 Å². The molecule has 0 bridgehead atoms. The van der Waals surface area contributed by atoms with Gasteiger partial charge in [0.25, 0.3) is 0 Å². The summed E-state index contributed by atoms with van der Waals surface area (Å²) in [5, 5.41) is 8.98. The second-order valence-corrected chi connectivity index (χ2v) is 4.53. The molecule has 16 heavy (non-hydrogen) atoms. The summed E-state index contributed by atoms with van der Waals surface area (Å²) in [5.74, 6) is -2.24. The van der Waals surface area contributed by atoms with Gasteiger partial charge in [0.2, 0.25) is 0 Å². The number of halogens is 1. The predicted molar refractivity (Wildman–Crippen MR) is 58.7 cm³/mol. The molecule has 0 unspecified atom stereocenters. The molecule has 5 heteroatoms. The Bertz CT molecular complexity index is 426. The zero-order valence-corrected chi connectivity index (χ0v) is 9.81. The Kier molecular flexibility index (Phi) is 2.96. The number of carbonyl (C=O) groups is 2. The molecule has 0 spiro atoms. The van der Waals surface area contributed by atoms with E-state index in [9.17, 15) is 9.59 Å². The lowest BCUT2D eigenvalue weighted by atomic mass is 9.95. The highest BCUT2D eigenvalue weighted by atomic mass is 79.9. The van der Waals surface area contributed by atoms with Crippen LogP contribution in [0.25, 0.3) is 0 Å². The molecular formula is C11H9BrO4. The third-order valence-corrected chi connectivity index (χ3v) is 3.05. The van der Waals surface area contributed by atoms with E-state index in [0.717, 1.165) is 4.47 Å². The Hall–Kier alpha value is -1.36. The van der Waals surface area contributed by atoms with Crippen molar-refractivity contribution in [1.82, 2.24) is 0 Å². The predicted octanol–water partition coefficient (Wildman–Crippen LogP) is 2.14. The van der Waals surface area contributed by atoms with Crippen molar-refractivity contribution in [3.63, 3.8) is 0 Å². The third kappa shape index (κ3) is 2.09. The fraction of sp³-hybridized carbons (Fsp3) is 0.273. The lowest BCUT2D eigenvalue weighted by molar-refractivity contribution is -0.144. The van der Waals surface area contributed by atoms with Crippen LogP contribution in [0.2, 0.25) is 0 Å². The quantitative estimate of drug-likeness (QED) is 0.845. The number of ether oxygens (including phenoxy) is 1. The molecule has 1 aliphatic rings. The van der Waals surface area contributed by atoms with Crippen molar-refractivity contribution < 1.29 is 19.4 Å². The second-order valence-electron chi connectivity index (χ2n) is 3.61. The summed E-state index contributed by atoms with van der Waals surface area (Å²) in [6.07, 6.45) is -0.728. The van der Waals surface area contributed by atoms with E-state index >= 15 is 0 Å². The number of benzene rings is 1. The van der Waals surface area contributed by atoms with Crippen molar-refractivity contribution in [3.05, 3.63) is 34.3 Å². The first kappa shape index (κ1) is 11.1. The Morgan fingerprint density at radius 3 is 2.56 bits per heavy atom. The number of hydrogen-bond acceptors (Lipinski definition) is 3. The average molecular weight is 285 g/mol. The molecule has 1 heterocycles. The second kappa shape index (κ2) is 4.25. The van der Waals surface area contributed by atoms with Crippen LogP contribution in [0.1, 0.15) is 18.1 Å². The van der Waals surface area contributed by atoms with E-state index in [1.54, 1.807) is 24.3 Å². The summed E-state index contributed by atoms with van der Waals surface area (Å²) in [5.41, 5.74) is 0.710. The monoisotopic (exact) mass is 284 g/mol. The molecule has 1 aromatic rings. The standard InChI is InChI=1S/C11H9BrO4/c12-7-3-1-6(2-4-7)10-8(11(14)15)5-9(13)16-10/h1-4,8,10H,5H2,(H,14,15)/t8-,10-/m1/s1. The maximum absolute atomic E-state index is 11.1. The Morgan fingerprint density at radius 2 is 2.00 bits per heavy atom. The average Bonchev–Trinajstić information content (AvgIpc) is 2.61. The molecule has 1 saturated heterocycles. The minimum Gasteiger partial charge on any atom is -0.481 e. The number of hydrogen-bond donors (Lipinski definition) is 1. The van der Waals surface area contributed by atoms with Crippen LogP contribution in [0.4, 0.5) is 0 Å². The van der Waals surface area contributed by atoms with Crippen LogP contribution in [-0.4, -0.2) is 17.0 Å². The van der Waals surface area contributed by atoms with Crippen molar-refractivity contribution in [2.24, 2.45) is 5.92 Å². The molecule has 1 N–H and O–H groups in total. The van der Waals surface area contributed by atoms with Gasteiger partial charge in [-0.05, 0) is 17.7 Å². The summed E-state index contributed by atoms with van der Waals surface area (Å²) in [7, 11) is 0. The van der Waals surface area contributed by atoms with E-state index < -0.39 is 24.0 Å². The number of aliphatic carboxylic acids is 1. The van der Waals surface area contributed by atoms with E-state index in [1.165, 1.54) is 0 Å². The highest BCUT2D eigenvalue weighted by Crippen LogP contribution is 2.35. The number of carboxylic acids is 1. The molecule has 0 amide bonds. The van der Waals surface area contributed by atoms with Gasteiger partial charge in [-0.2, -0.15) is 0 Å². The topological polar surface area (TPSA) is 63.6 Å². The van der Waals surface area contributed by atoms with Crippen molar-refractivity contribution in [2.45, 2.75) is 12.5 Å². The van der Waals surface area contributed by atoms with Crippen LogP contribution < -0.4 is 0 Å². The van der Waals surface area contributed by atoms with Gasteiger partial charge >= 0.3 is 11.9 Å². The molecule has 0 aliphatic carbocycles. The summed E-state index contributed by atoms with van der Waals surface area (Å²) in [4.78, 5) is 22.1. The Balaban J connectivity index is 2.28. The van der Waals surface area contributed by atoms with Gasteiger partial charge in [-0.25, -0.2) is 0 Å². The minimum atomic E-state index is -1.00. The maximum atomic E-state index is 11.1. The normalized spacial score (nSPS) is 24.2. The fourth-order valence-corrected chi connectivity index (χ4v) is 1.99. The van der Waals surface area contributed by atoms with Crippen LogP contribution in [-0.2, 0) is 14.3 Å². The lowest BCUT2D eigenvalue weighted by Gasteiger charge is -2.14. The van der Waals surface area contributed by atoms with Gasteiger partial charge in [-0.3, -0.25) is 9.59 Å². The molecule has 0 saturated carbocycles. The highest BCUT2D eigenvalue weighted by molar-refractivity contribution is 9.10. The van der Waals surface area contributed by atoms with Crippen molar-refractivity contribution in [1.29, 1.82) is 0 Å². The van der Waals surface area contributed by atoms with Crippen LogP contribution in [0.15, 0.2) is 28.7 Å². The van der Waals surface area contributed by atoms with Crippen LogP contribution >= 0.6 is 15.9 Å². The summed E-state index contributed by atoms with van der Waals surface area (Å²) in [6, 6.07) is 7.09. The van der Waals surface area contributed by atoms with E-state index in [0.29, 0.717) is 5.56 Å². The van der Waals surface area contributed by atoms with E-state index in [4.69, 9.17) is 9.84 Å². The van der Waals surface area contributed by atoms with Gasteiger partial charge in [-0.15, -0.1) is 0 Å². The summed E-state index contributed by atoms with van der Waals surface area (Å²) < 4.78 is 5.92. The number of cyclic esters (lactones) is 1. The molecule has 0 radical (unpaired) electrons. The molecule has 2 atom stereocenters. The lowest BCUT2D eigenvalue weighted by Crippen LogP contribution is -2.17. The summed E-state index contributed by atoms with van der Waals surface area (Å²) in [6.45, 7) is 0. The molecule has 2 rings (SSSR count). The van der Waals surface area contributed by atoms with Crippen molar-refractivity contribution in [3.8, 4) is 0 Å². The molecule has 0 aromatic heterocycles. The minimum absolute atomic E-state index is 0.0595. The van der Waals surface area contributed by atoms with Crippen LogP contribution in [0.3, 0.4) is 0 Å². The first-order valence-electron chi connectivity index (χ1n) is 4.75. The first-order chi connectivity index (χ1) is 7.58. The molecule has 84 valence electrons. The SMILES string of the molecule is O=C1C[C@@H](C(=O)O)[C@@H](c2ccc(Br)cc2)O1. The number of carboxylic acid groups (broad SMARTS) is 1. The molecular weight excluding hydrogens is 276 g/mol. The number of carbonyl (C=O) groups excluding carboxylic acids is 1. The number of rotatable bonds is 2. The Morgan fingerprint density at radius 1 is 1.38 bits per heavy atom. The van der Waals surface area contributed by atoms with Crippen molar-refractivity contribution in [2.75, 3.05) is 0 Å². The van der Waals surface area contributed by atoms with Gasteiger partial charge in [-0.1, -0.05) is 28.1 Å². The fourth-order valence-electron chi connectivity index (χ4n) is 1.73. The largest absolute Gasteiger partial charge is 0.481 e. The first-order valence-corrected chi connectivity index (χ1v) is 5.55. The molecule has 4 nitrogen and oxygen atoms in total. The summed E-state index contributed by atoms with van der Waals surface area (Å²) >= 11 is 3.29. The smallest absolute Gasteiger partial charge is 0.311 e. The van der Waals surface area contributed by atoms with E-state index in [1.807, 2.05) is 0 Å². The molecule has 1 aliphatic heterocycles. The highest BCUT2D eigenvalue weighted by Gasteiger charge is 2.40. The van der Waals surface area contributed by atoms with Gasteiger partial charge < -0.3 is 9.84 Å². The Labute approximate surface area is 100 Å². The van der Waals surface area contributed by atoms with Crippen LogP contribution in [0.5, 0.6) is 0 Å². The van der Waals surface area contributed by atoms with E-state index in [-0.39, 0.29) is 6.42 Å². The van der Waals surface area contributed by atoms with Crippen LogP contribution in [0, 0.1) is 5.92 Å². The number of esters is 1. The van der Waals surface area contributed by atoms with Gasteiger partial charge in [0.05, 0.1) is 6.42 Å². The third-order valence-electron chi connectivity index (χ3n) is 2.53. The molecule has 1 aromatic carbocycles.